The van der Waals surface area contributed by atoms with E-state index in [-0.39, 0.29) is 15.6 Å². The molecular weight excluding hydrogens is 701 g/mol. The molecule has 0 N–H and O–H groups in total. The Bertz CT molecular complexity index is 1470. The van der Waals surface area contributed by atoms with Gasteiger partial charge in [0.25, 0.3) is 0 Å². The minimum atomic E-state index is 0.0451. The fourth-order valence-electron chi connectivity index (χ4n) is 7.57. The zero-order valence-electron chi connectivity index (χ0n) is 33.1. The number of hydrogen-bond donors (Lipinski definition) is 0. The summed E-state index contributed by atoms with van der Waals surface area (Å²) < 4.78 is 0. The predicted molar refractivity (Wildman–Crippen MR) is 231 cm³/mol. The lowest BCUT2D eigenvalue weighted by Crippen LogP contribution is -2.17. The number of allylic oxidation sites excluding steroid dienone is 1. The number of carbonyl (C=O) groups is 2. The lowest BCUT2D eigenvalue weighted by atomic mass is 9.83. The van der Waals surface area contributed by atoms with Crippen molar-refractivity contribution in [3.05, 3.63) is 49.1 Å². The molecule has 6 heteroatoms. The van der Waals surface area contributed by atoms with Crippen molar-refractivity contribution >= 4 is 61.3 Å². The molecule has 4 heterocycles. The van der Waals surface area contributed by atoms with E-state index in [4.69, 9.17) is 0 Å². The molecular formula is C45H68O2S4. The van der Waals surface area contributed by atoms with E-state index in [1.54, 1.807) is 0 Å². The number of fused-ring (bicyclic) bond motifs is 1. The monoisotopic (exact) mass is 768 g/mol. The van der Waals surface area contributed by atoms with E-state index in [1.165, 1.54) is 178 Å². The second-order valence-corrected chi connectivity index (χ2v) is 19.8. The highest BCUT2D eigenvalue weighted by atomic mass is 32.2. The van der Waals surface area contributed by atoms with Gasteiger partial charge in [-0.05, 0) is 80.5 Å². The average Bonchev–Trinajstić information content (AvgIpc) is 3.90. The summed E-state index contributed by atoms with van der Waals surface area (Å²) >= 11 is 6.42. The van der Waals surface area contributed by atoms with E-state index in [9.17, 15) is 9.59 Å². The minimum absolute atomic E-state index is 0.0451. The molecule has 0 amide bonds. The molecule has 0 aliphatic carbocycles. The highest BCUT2D eigenvalue weighted by Crippen LogP contribution is 2.55. The highest BCUT2D eigenvalue weighted by molar-refractivity contribution is 8.24. The van der Waals surface area contributed by atoms with E-state index in [1.807, 2.05) is 29.6 Å². The third kappa shape index (κ3) is 12.0. The number of rotatable bonds is 27. The van der Waals surface area contributed by atoms with Crippen molar-refractivity contribution in [2.24, 2.45) is 0 Å². The Morgan fingerprint density at radius 3 is 1.45 bits per heavy atom. The van der Waals surface area contributed by atoms with Crippen LogP contribution in [0.2, 0.25) is 0 Å². The molecule has 284 valence electrons. The van der Waals surface area contributed by atoms with Gasteiger partial charge in [0.1, 0.15) is 0 Å². The van der Waals surface area contributed by atoms with Crippen LogP contribution in [-0.4, -0.2) is 10.2 Å². The summed E-state index contributed by atoms with van der Waals surface area (Å²) in [6.07, 6.45) is 31.4. The van der Waals surface area contributed by atoms with Gasteiger partial charge >= 0.3 is 0 Å². The first-order valence-corrected chi connectivity index (χ1v) is 24.2. The number of carbonyl (C=O) groups excluding carboxylic acids is 2. The lowest BCUT2D eigenvalue weighted by molar-refractivity contribution is -0.109. The van der Waals surface area contributed by atoms with Crippen LogP contribution in [0.3, 0.4) is 0 Å². The Kier molecular flexibility index (Phi) is 18.7. The molecule has 0 unspecified atom stereocenters. The number of unbranched alkanes of at least 4 members (excludes halogenated alkanes) is 18. The summed E-state index contributed by atoms with van der Waals surface area (Å²) in [4.78, 5) is 33.6. The quantitative estimate of drug-likeness (QED) is 0.0848. The van der Waals surface area contributed by atoms with Crippen molar-refractivity contribution in [2.75, 3.05) is 0 Å². The van der Waals surface area contributed by atoms with Gasteiger partial charge in [-0.2, -0.15) is 0 Å². The summed E-state index contributed by atoms with van der Waals surface area (Å²) in [5.41, 5.74) is 4.48. The highest BCUT2D eigenvalue weighted by Gasteiger charge is 2.41. The summed E-state index contributed by atoms with van der Waals surface area (Å²) in [7, 11) is 0. The van der Waals surface area contributed by atoms with Crippen LogP contribution >= 0.6 is 46.2 Å². The Labute approximate surface area is 328 Å². The molecule has 0 spiro atoms. The van der Waals surface area contributed by atoms with Gasteiger partial charge < -0.3 is 0 Å². The number of hydrogen-bond acceptors (Lipinski definition) is 6. The van der Waals surface area contributed by atoms with Crippen molar-refractivity contribution < 1.29 is 9.59 Å². The van der Waals surface area contributed by atoms with Crippen LogP contribution in [0.1, 0.15) is 204 Å². The molecule has 0 radical (unpaired) electrons. The molecule has 2 aliphatic rings. The van der Waals surface area contributed by atoms with Gasteiger partial charge in [0.15, 0.2) is 0 Å². The van der Waals surface area contributed by atoms with Crippen LogP contribution in [0, 0.1) is 0 Å². The zero-order chi connectivity index (χ0) is 36.6. The van der Waals surface area contributed by atoms with Crippen molar-refractivity contribution in [3.63, 3.8) is 0 Å². The number of thiophene rings is 2. The first-order chi connectivity index (χ1) is 24.8. The SMILES string of the molecule is CCCCCCCCCCCCc1cc(C2=C3C(=O)SC(C)=C3C(=O)S2)sc1-c1sc(C(C)(CC)CC)cc1CCCCCCCCCCCC. The van der Waals surface area contributed by atoms with Crippen LogP contribution in [0.15, 0.2) is 28.2 Å². The topological polar surface area (TPSA) is 34.1 Å². The molecule has 2 aliphatic heterocycles. The lowest BCUT2D eigenvalue weighted by Gasteiger charge is -2.25. The van der Waals surface area contributed by atoms with Gasteiger partial charge in [-0.15, -0.1) is 22.7 Å². The summed E-state index contributed by atoms with van der Waals surface area (Å²) in [5, 5.41) is 0.0903. The summed E-state index contributed by atoms with van der Waals surface area (Å²) in [6.45, 7) is 13.6. The molecule has 2 aromatic heterocycles. The molecule has 0 saturated heterocycles. The van der Waals surface area contributed by atoms with Crippen molar-refractivity contribution in [1.29, 1.82) is 0 Å². The molecule has 0 atom stereocenters. The Morgan fingerprint density at radius 1 is 0.529 bits per heavy atom. The predicted octanol–water partition coefficient (Wildman–Crippen LogP) is 16.0. The van der Waals surface area contributed by atoms with Gasteiger partial charge in [-0.25, -0.2) is 0 Å². The second-order valence-electron chi connectivity index (χ2n) is 15.5. The van der Waals surface area contributed by atoms with E-state index >= 15 is 0 Å². The molecule has 0 aromatic carbocycles. The van der Waals surface area contributed by atoms with Crippen LogP contribution in [0.5, 0.6) is 0 Å². The van der Waals surface area contributed by atoms with E-state index < -0.39 is 0 Å². The fourth-order valence-corrected chi connectivity index (χ4v) is 12.7. The third-order valence-corrected chi connectivity index (χ3v) is 16.4. The molecule has 0 fully saturated rings. The molecule has 4 rings (SSSR count). The van der Waals surface area contributed by atoms with Gasteiger partial charge in [0.2, 0.25) is 10.2 Å². The Balaban J connectivity index is 1.54. The molecule has 0 bridgehead atoms. The Morgan fingerprint density at radius 2 is 0.961 bits per heavy atom. The molecule has 2 aromatic rings. The summed E-state index contributed by atoms with van der Waals surface area (Å²) in [6, 6.07) is 4.94. The van der Waals surface area contributed by atoms with Gasteiger partial charge in [0, 0.05) is 34.7 Å². The Hall–Kier alpha value is -1.08. The average molecular weight is 769 g/mol. The van der Waals surface area contributed by atoms with Crippen LogP contribution in [0.25, 0.3) is 14.7 Å². The first kappa shape index (κ1) is 42.7. The van der Waals surface area contributed by atoms with Crippen LogP contribution < -0.4 is 0 Å². The molecule has 2 nitrogen and oxygen atoms in total. The maximum absolute atomic E-state index is 13.1. The number of aryl methyl sites for hydroxylation is 2. The summed E-state index contributed by atoms with van der Waals surface area (Å²) in [5.74, 6) is 0. The maximum atomic E-state index is 13.1. The largest absolute Gasteiger partial charge is 0.281 e. The van der Waals surface area contributed by atoms with Gasteiger partial charge in [0.05, 0.1) is 11.1 Å². The molecule has 51 heavy (non-hydrogen) atoms. The van der Waals surface area contributed by atoms with Crippen molar-refractivity contribution in [2.45, 2.75) is 201 Å². The van der Waals surface area contributed by atoms with E-state index in [0.29, 0.717) is 11.1 Å². The van der Waals surface area contributed by atoms with Crippen molar-refractivity contribution in [1.82, 2.24) is 0 Å². The standard InChI is InChI=1S/C45H68O2S4/c1-7-11-13-15-17-19-21-23-25-27-29-34-31-36(42-39-38(43(46)51-42)33(5)48-44(39)47)49-40(34)41-35(32-37(50-41)45(6,9-3)10-4)30-28-26-24-22-20-18-16-14-12-8-2/h31-32H,7-30H2,1-6H3. The normalized spacial score (nSPS) is 14.9. The smallest absolute Gasteiger partial charge is 0.225 e. The second kappa shape index (κ2) is 22.3. The maximum Gasteiger partial charge on any atom is 0.225 e. The van der Waals surface area contributed by atoms with Gasteiger partial charge in [-0.1, -0.05) is 162 Å². The van der Waals surface area contributed by atoms with Crippen LogP contribution in [0.4, 0.5) is 0 Å². The first-order valence-electron chi connectivity index (χ1n) is 20.9. The van der Waals surface area contributed by atoms with E-state index in [0.717, 1.165) is 40.4 Å². The van der Waals surface area contributed by atoms with Crippen molar-refractivity contribution in [3.8, 4) is 9.75 Å². The minimum Gasteiger partial charge on any atom is -0.281 e. The number of thioether (sulfide) groups is 2. The van der Waals surface area contributed by atoms with Crippen LogP contribution in [-0.2, 0) is 27.8 Å². The molecule has 0 saturated carbocycles. The van der Waals surface area contributed by atoms with E-state index in [2.05, 4.69) is 46.8 Å². The van der Waals surface area contributed by atoms with Gasteiger partial charge in [-0.3, -0.25) is 9.59 Å². The zero-order valence-corrected chi connectivity index (χ0v) is 36.3. The fraction of sp³-hybridized carbons (Fsp3) is 0.689. The third-order valence-electron chi connectivity index (χ3n) is 11.5.